The van der Waals surface area contributed by atoms with Gasteiger partial charge in [0.2, 0.25) is 5.91 Å². The molecule has 1 aliphatic heterocycles. The molecule has 136 valence electrons. The van der Waals surface area contributed by atoms with Gasteiger partial charge in [-0.25, -0.2) is 0 Å². The van der Waals surface area contributed by atoms with E-state index in [1.165, 1.54) is 10.6 Å². The average Bonchev–Trinajstić information content (AvgIpc) is 2.68. The van der Waals surface area contributed by atoms with Gasteiger partial charge < -0.3 is 20.9 Å². The number of primary amides is 1. The quantitative estimate of drug-likeness (QED) is 0.733. The number of nitrogens with one attached hydrogen (secondary N) is 2. The van der Waals surface area contributed by atoms with Crippen LogP contribution in [0.15, 0.2) is 54.6 Å². The first kappa shape index (κ1) is 17.9. The number of hydrogen-bond acceptors (Lipinski definition) is 3. The molecule has 1 saturated heterocycles. The zero-order chi connectivity index (χ0) is 18.5. The van der Waals surface area contributed by atoms with Crippen molar-refractivity contribution in [1.29, 1.82) is 0 Å². The van der Waals surface area contributed by atoms with Gasteiger partial charge in [0, 0.05) is 16.9 Å². The van der Waals surface area contributed by atoms with Crippen LogP contribution in [0.4, 0.5) is 11.4 Å². The van der Waals surface area contributed by atoms with E-state index in [0.29, 0.717) is 11.3 Å². The van der Waals surface area contributed by atoms with Crippen molar-refractivity contribution in [2.75, 3.05) is 36.4 Å². The van der Waals surface area contributed by atoms with Crippen molar-refractivity contribution in [3.8, 4) is 0 Å². The van der Waals surface area contributed by atoms with Crippen LogP contribution in [-0.4, -0.2) is 44.0 Å². The molecule has 0 spiro atoms. The van der Waals surface area contributed by atoms with Crippen LogP contribution < -0.4 is 20.9 Å². The molecule has 26 heavy (non-hydrogen) atoms. The smallest absolute Gasteiger partial charge is 0.282 e. The number of benzene rings is 2. The summed E-state index contributed by atoms with van der Waals surface area (Å²) < 4.78 is 0. The van der Waals surface area contributed by atoms with Gasteiger partial charge in [-0.05, 0) is 43.3 Å². The maximum absolute atomic E-state index is 12.5. The number of nitrogens with zero attached hydrogens (tertiary/aromatic N) is 1. The molecule has 0 aromatic heterocycles. The zero-order valence-electron chi connectivity index (χ0n) is 14.9. The van der Waals surface area contributed by atoms with E-state index in [2.05, 4.69) is 22.3 Å². The normalized spacial score (nSPS) is 16.1. The minimum atomic E-state index is -0.475. The summed E-state index contributed by atoms with van der Waals surface area (Å²) in [6.07, 6.45) is 0. The summed E-state index contributed by atoms with van der Waals surface area (Å²) >= 11 is 0. The van der Waals surface area contributed by atoms with Crippen molar-refractivity contribution in [1.82, 2.24) is 0 Å². The Kier molecular flexibility index (Phi) is 5.53. The molecule has 2 aromatic rings. The van der Waals surface area contributed by atoms with Crippen LogP contribution in [0.5, 0.6) is 0 Å². The zero-order valence-corrected chi connectivity index (χ0v) is 14.9. The Labute approximate surface area is 153 Å². The third-order valence-corrected chi connectivity index (χ3v) is 4.97. The van der Waals surface area contributed by atoms with Crippen molar-refractivity contribution in [3.63, 3.8) is 0 Å². The summed E-state index contributed by atoms with van der Waals surface area (Å²) in [7, 11) is 0. The summed E-state index contributed by atoms with van der Waals surface area (Å²) in [5, 5.41) is 2.92. The fourth-order valence-electron chi connectivity index (χ4n) is 3.28. The van der Waals surface area contributed by atoms with Gasteiger partial charge in [-0.15, -0.1) is 0 Å². The second-order valence-electron chi connectivity index (χ2n) is 6.63. The molecular formula is C20H25N4O2+. The van der Waals surface area contributed by atoms with Crippen molar-refractivity contribution in [3.05, 3.63) is 60.2 Å². The van der Waals surface area contributed by atoms with Crippen molar-refractivity contribution >= 4 is 23.2 Å². The Hall–Kier alpha value is -2.86. The summed E-state index contributed by atoms with van der Waals surface area (Å²) in [4.78, 5) is 27.3. The Morgan fingerprint density at radius 1 is 1.04 bits per heavy atom. The van der Waals surface area contributed by atoms with E-state index in [9.17, 15) is 9.59 Å². The topological polar surface area (TPSA) is 79.9 Å². The third-order valence-electron chi connectivity index (χ3n) is 4.97. The number of nitrogens with two attached hydrogens (primary N) is 1. The van der Waals surface area contributed by atoms with Gasteiger partial charge in [-0.2, -0.15) is 0 Å². The second-order valence-corrected chi connectivity index (χ2v) is 6.63. The van der Waals surface area contributed by atoms with Crippen LogP contribution in [0.25, 0.3) is 0 Å². The summed E-state index contributed by atoms with van der Waals surface area (Å²) in [6, 6.07) is 16.9. The molecule has 0 saturated carbocycles. The number of amides is 2. The van der Waals surface area contributed by atoms with E-state index in [1.807, 2.05) is 25.1 Å². The van der Waals surface area contributed by atoms with Gasteiger partial charge in [0.05, 0.1) is 26.2 Å². The number of piperazine rings is 1. The first-order valence-electron chi connectivity index (χ1n) is 8.90. The average molecular weight is 353 g/mol. The van der Waals surface area contributed by atoms with Crippen molar-refractivity contribution < 1.29 is 14.5 Å². The number of carbonyl (C=O) groups excluding carboxylic acids is 2. The molecule has 6 nitrogen and oxygen atoms in total. The highest BCUT2D eigenvalue weighted by Gasteiger charge is 2.29. The molecule has 0 radical (unpaired) electrons. The Morgan fingerprint density at radius 2 is 1.65 bits per heavy atom. The number of para-hydroxylation sites is 1. The highest BCUT2D eigenvalue weighted by molar-refractivity contribution is 5.95. The summed E-state index contributed by atoms with van der Waals surface area (Å²) in [5.74, 6) is -0.489. The van der Waals surface area contributed by atoms with E-state index < -0.39 is 5.91 Å². The van der Waals surface area contributed by atoms with E-state index in [1.54, 1.807) is 24.3 Å². The fraction of sp³-hybridized carbons (Fsp3) is 0.300. The van der Waals surface area contributed by atoms with Gasteiger partial charge in [0.1, 0.15) is 0 Å². The number of carbonyl (C=O) groups is 2. The minimum Gasteiger partial charge on any atom is -0.366 e. The maximum atomic E-state index is 12.5. The van der Waals surface area contributed by atoms with Crippen molar-refractivity contribution in [2.24, 2.45) is 5.73 Å². The fourth-order valence-corrected chi connectivity index (χ4v) is 3.28. The predicted molar refractivity (Wildman–Crippen MR) is 102 cm³/mol. The molecule has 6 heteroatoms. The maximum Gasteiger partial charge on any atom is 0.282 e. The number of rotatable bonds is 5. The van der Waals surface area contributed by atoms with Gasteiger partial charge >= 0.3 is 0 Å². The van der Waals surface area contributed by atoms with E-state index in [4.69, 9.17) is 5.73 Å². The molecule has 1 aliphatic rings. The largest absolute Gasteiger partial charge is 0.366 e. The molecule has 0 unspecified atom stereocenters. The van der Waals surface area contributed by atoms with Crippen LogP contribution in [-0.2, 0) is 4.79 Å². The minimum absolute atomic E-state index is 0.0139. The molecular weight excluding hydrogens is 328 g/mol. The molecule has 4 N–H and O–H groups in total. The third kappa shape index (κ3) is 4.21. The molecule has 2 amide bonds. The lowest BCUT2D eigenvalue weighted by atomic mass is 10.1. The molecule has 1 heterocycles. The number of anilines is 2. The van der Waals surface area contributed by atoms with Crippen LogP contribution in [0.1, 0.15) is 17.3 Å². The SMILES string of the molecule is C[C@H](C(=O)Nc1ccc(C(N)=O)cc1)[NH+]1CCN(c2ccccc2)CC1. The van der Waals surface area contributed by atoms with Crippen LogP contribution >= 0.6 is 0 Å². The van der Waals surface area contributed by atoms with Gasteiger partial charge in [-0.1, -0.05) is 18.2 Å². The van der Waals surface area contributed by atoms with E-state index in [0.717, 1.165) is 26.2 Å². The Morgan fingerprint density at radius 3 is 2.23 bits per heavy atom. The van der Waals surface area contributed by atoms with Crippen LogP contribution in [0.3, 0.4) is 0 Å². The highest BCUT2D eigenvalue weighted by atomic mass is 16.2. The number of quaternary nitrogens is 1. The predicted octanol–water partition coefficient (Wildman–Crippen LogP) is 0.518. The van der Waals surface area contributed by atoms with Gasteiger partial charge in [0.25, 0.3) is 5.91 Å². The lowest BCUT2D eigenvalue weighted by Gasteiger charge is -2.36. The van der Waals surface area contributed by atoms with E-state index >= 15 is 0 Å². The molecule has 2 aromatic carbocycles. The molecule has 0 aliphatic carbocycles. The second kappa shape index (κ2) is 8.01. The monoisotopic (exact) mass is 353 g/mol. The highest BCUT2D eigenvalue weighted by Crippen LogP contribution is 2.13. The first-order chi connectivity index (χ1) is 12.5. The summed E-state index contributed by atoms with van der Waals surface area (Å²) in [5.41, 5.74) is 7.57. The Bertz CT molecular complexity index is 753. The van der Waals surface area contributed by atoms with Gasteiger partial charge in [0.15, 0.2) is 6.04 Å². The summed E-state index contributed by atoms with van der Waals surface area (Å²) in [6.45, 7) is 5.67. The standard InChI is InChI=1S/C20H24N4O2/c1-15(20(26)22-17-9-7-16(8-10-17)19(21)25)23-11-13-24(14-12-23)18-5-3-2-4-6-18/h2-10,15H,11-14H2,1H3,(H2,21,25)(H,22,26)/p+1/t15-/m1/s1. The van der Waals surface area contributed by atoms with Crippen LogP contribution in [0, 0.1) is 0 Å². The lowest BCUT2D eigenvalue weighted by Crippen LogP contribution is -3.19. The van der Waals surface area contributed by atoms with E-state index in [-0.39, 0.29) is 11.9 Å². The van der Waals surface area contributed by atoms with Crippen molar-refractivity contribution in [2.45, 2.75) is 13.0 Å². The molecule has 1 fully saturated rings. The molecule has 3 rings (SSSR count). The van der Waals surface area contributed by atoms with Crippen LogP contribution in [0.2, 0.25) is 0 Å². The lowest BCUT2D eigenvalue weighted by molar-refractivity contribution is -0.914. The molecule has 1 atom stereocenters. The number of hydrogen-bond donors (Lipinski definition) is 3. The first-order valence-corrected chi connectivity index (χ1v) is 8.90. The molecule has 0 bridgehead atoms. The Balaban J connectivity index is 1.53. The van der Waals surface area contributed by atoms with Gasteiger partial charge in [-0.3, -0.25) is 9.59 Å².